The first-order valence-corrected chi connectivity index (χ1v) is 11.5. The van der Waals surface area contributed by atoms with Crippen molar-refractivity contribution >= 4 is 37.7 Å². The van der Waals surface area contributed by atoms with Crippen molar-refractivity contribution in [3.63, 3.8) is 0 Å². The minimum atomic E-state index is -3.95. The number of nitro benzene ring substituents is 1. The molecule has 3 heterocycles. The van der Waals surface area contributed by atoms with E-state index in [1.165, 1.54) is 27.8 Å². The summed E-state index contributed by atoms with van der Waals surface area (Å²) >= 11 is 1.32. The lowest BCUT2D eigenvalue weighted by Crippen LogP contribution is -2.41. The van der Waals surface area contributed by atoms with E-state index in [0.29, 0.717) is 35.8 Å². The first-order chi connectivity index (χ1) is 14.3. The molecular weight excluding hydrogens is 430 g/mol. The van der Waals surface area contributed by atoms with Gasteiger partial charge in [-0.3, -0.25) is 10.1 Å². The number of non-ortho nitro benzene ring substituents is 1. The van der Waals surface area contributed by atoms with E-state index >= 15 is 0 Å². The van der Waals surface area contributed by atoms with Crippen LogP contribution in [-0.2, 0) is 27.7 Å². The number of sulfonamides is 1. The zero-order chi connectivity index (χ0) is 21.5. The second-order valence-electron chi connectivity index (χ2n) is 6.95. The number of anilines is 2. The molecule has 2 aromatic rings. The summed E-state index contributed by atoms with van der Waals surface area (Å²) in [6.45, 7) is 1.81. The van der Waals surface area contributed by atoms with E-state index < -0.39 is 14.9 Å². The maximum absolute atomic E-state index is 13.3. The molecule has 0 amide bonds. The summed E-state index contributed by atoms with van der Waals surface area (Å²) < 4.78 is 33.2. The van der Waals surface area contributed by atoms with Gasteiger partial charge in [0.1, 0.15) is 16.0 Å². The van der Waals surface area contributed by atoms with Crippen molar-refractivity contribution in [3.8, 4) is 6.07 Å². The van der Waals surface area contributed by atoms with Crippen molar-refractivity contribution in [2.24, 2.45) is 0 Å². The highest BCUT2D eigenvalue weighted by Crippen LogP contribution is 2.39. The number of hydrogen-bond acceptors (Lipinski definition) is 9. The highest BCUT2D eigenvalue weighted by atomic mass is 32.2. The van der Waals surface area contributed by atoms with Crippen LogP contribution >= 0.6 is 11.3 Å². The highest BCUT2D eigenvalue weighted by molar-refractivity contribution is 7.89. The standard InChI is InChI=1S/C18H19N5O5S2/c19-10-14-13-3-4-21(11-16(13)29-18(14)20)15-2-1-12(23(24)25)9-17(15)30(26,27)22-5-7-28-8-6-22/h1-2,9H,3-8,11,20H2. The molecule has 0 atom stereocenters. The SMILES string of the molecule is N#Cc1c(N)sc2c1CCN(c1ccc([N+](=O)[O-])cc1S(=O)(=O)N1CCOCC1)C2. The Kier molecular flexibility index (Phi) is 5.37. The maximum Gasteiger partial charge on any atom is 0.270 e. The summed E-state index contributed by atoms with van der Waals surface area (Å²) in [6, 6.07) is 6.06. The first kappa shape index (κ1) is 20.5. The van der Waals surface area contributed by atoms with Gasteiger partial charge in [0, 0.05) is 36.6 Å². The van der Waals surface area contributed by atoms with Crippen molar-refractivity contribution in [2.75, 3.05) is 43.5 Å². The number of fused-ring (bicyclic) bond motifs is 1. The van der Waals surface area contributed by atoms with Gasteiger partial charge >= 0.3 is 0 Å². The molecule has 1 aromatic carbocycles. The molecule has 30 heavy (non-hydrogen) atoms. The summed E-state index contributed by atoms with van der Waals surface area (Å²) in [6.07, 6.45) is 0.542. The molecule has 0 saturated carbocycles. The summed E-state index contributed by atoms with van der Waals surface area (Å²) in [5, 5.41) is 21.1. The predicted octanol–water partition coefficient (Wildman–Crippen LogP) is 1.69. The monoisotopic (exact) mass is 449 g/mol. The molecule has 2 aliphatic rings. The topological polar surface area (TPSA) is 143 Å². The number of thiophene rings is 1. The van der Waals surface area contributed by atoms with Crippen LogP contribution in [0.15, 0.2) is 23.1 Å². The fraction of sp³-hybridized carbons (Fsp3) is 0.389. The van der Waals surface area contributed by atoms with Gasteiger partial charge in [0.05, 0.1) is 35.9 Å². The molecule has 0 aliphatic carbocycles. The number of benzene rings is 1. The van der Waals surface area contributed by atoms with Gasteiger partial charge in [0.2, 0.25) is 10.0 Å². The van der Waals surface area contributed by atoms with Crippen molar-refractivity contribution in [1.29, 1.82) is 5.26 Å². The summed E-state index contributed by atoms with van der Waals surface area (Å²) in [4.78, 5) is 13.4. The van der Waals surface area contributed by atoms with E-state index in [1.54, 1.807) is 0 Å². The fourth-order valence-corrected chi connectivity index (χ4v) is 6.49. The van der Waals surface area contributed by atoms with Crippen molar-refractivity contribution in [2.45, 2.75) is 17.9 Å². The zero-order valence-electron chi connectivity index (χ0n) is 15.9. The Bertz CT molecular complexity index is 1150. The van der Waals surface area contributed by atoms with Gasteiger partial charge in [0.25, 0.3) is 5.69 Å². The van der Waals surface area contributed by atoms with E-state index in [9.17, 15) is 23.8 Å². The number of nitriles is 1. The molecule has 158 valence electrons. The smallest absolute Gasteiger partial charge is 0.270 e. The second-order valence-corrected chi connectivity index (χ2v) is 10.00. The lowest BCUT2D eigenvalue weighted by molar-refractivity contribution is -0.385. The Morgan fingerprint density at radius 1 is 1.27 bits per heavy atom. The number of nitro groups is 1. The average Bonchev–Trinajstić information content (AvgIpc) is 3.07. The van der Waals surface area contributed by atoms with Crippen LogP contribution in [0.25, 0.3) is 0 Å². The molecule has 0 bridgehead atoms. The molecular formula is C18H19N5O5S2. The molecule has 2 aliphatic heterocycles. The number of nitrogens with two attached hydrogens (primary N) is 1. The van der Waals surface area contributed by atoms with Gasteiger partial charge in [-0.05, 0) is 18.1 Å². The number of hydrogen-bond donors (Lipinski definition) is 1. The quantitative estimate of drug-likeness (QED) is 0.549. The van der Waals surface area contributed by atoms with Gasteiger partial charge in [0.15, 0.2) is 0 Å². The fourth-order valence-electron chi connectivity index (χ4n) is 3.76. The third kappa shape index (κ3) is 3.50. The molecule has 0 spiro atoms. The van der Waals surface area contributed by atoms with Gasteiger partial charge in [-0.15, -0.1) is 11.3 Å². The van der Waals surface area contributed by atoms with Crippen LogP contribution in [0, 0.1) is 21.4 Å². The first-order valence-electron chi connectivity index (χ1n) is 9.24. The van der Waals surface area contributed by atoms with Gasteiger partial charge < -0.3 is 15.4 Å². The Morgan fingerprint density at radius 2 is 2.00 bits per heavy atom. The average molecular weight is 450 g/mol. The number of ether oxygens (including phenoxy) is 1. The number of nitrogens with zero attached hydrogens (tertiary/aromatic N) is 4. The Hall–Kier alpha value is -2.72. The van der Waals surface area contributed by atoms with Crippen LogP contribution in [-0.4, -0.2) is 50.5 Å². The third-order valence-corrected chi connectivity index (χ3v) is 8.25. The lowest BCUT2D eigenvalue weighted by atomic mass is 10.0. The second kappa shape index (κ2) is 7.84. The third-order valence-electron chi connectivity index (χ3n) is 5.28. The van der Waals surface area contributed by atoms with Gasteiger partial charge in [-0.25, -0.2) is 8.42 Å². The Morgan fingerprint density at radius 3 is 2.67 bits per heavy atom. The molecule has 0 radical (unpaired) electrons. The van der Waals surface area contributed by atoms with E-state index in [-0.39, 0.29) is 36.9 Å². The Labute approximate surface area is 177 Å². The maximum atomic E-state index is 13.3. The van der Waals surface area contributed by atoms with E-state index in [2.05, 4.69) is 6.07 Å². The Balaban J connectivity index is 1.76. The molecule has 12 heteroatoms. The van der Waals surface area contributed by atoms with Crippen LogP contribution in [0.5, 0.6) is 0 Å². The largest absolute Gasteiger partial charge is 0.389 e. The van der Waals surface area contributed by atoms with Gasteiger partial charge in [-0.2, -0.15) is 9.57 Å². The van der Waals surface area contributed by atoms with Crippen molar-refractivity contribution in [1.82, 2.24) is 4.31 Å². The number of morpholine rings is 1. The zero-order valence-corrected chi connectivity index (χ0v) is 17.5. The molecule has 2 N–H and O–H groups in total. The molecule has 1 aromatic heterocycles. The number of rotatable bonds is 4. The minimum Gasteiger partial charge on any atom is -0.389 e. The molecule has 0 unspecified atom stereocenters. The van der Waals surface area contributed by atoms with Crippen LogP contribution < -0.4 is 10.6 Å². The lowest BCUT2D eigenvalue weighted by Gasteiger charge is -2.32. The van der Waals surface area contributed by atoms with Crippen molar-refractivity contribution in [3.05, 3.63) is 44.3 Å². The van der Waals surface area contributed by atoms with Crippen LogP contribution in [0.3, 0.4) is 0 Å². The molecule has 1 fully saturated rings. The minimum absolute atomic E-state index is 0.0907. The summed E-state index contributed by atoms with van der Waals surface area (Å²) in [7, 11) is -3.95. The van der Waals surface area contributed by atoms with Crippen LogP contribution in [0.2, 0.25) is 0 Å². The molecule has 1 saturated heterocycles. The number of nitrogen functional groups attached to an aromatic ring is 1. The molecule has 4 rings (SSSR count). The van der Waals surface area contributed by atoms with Crippen LogP contribution in [0.4, 0.5) is 16.4 Å². The molecule has 10 nitrogen and oxygen atoms in total. The van der Waals surface area contributed by atoms with Crippen LogP contribution in [0.1, 0.15) is 16.0 Å². The van der Waals surface area contributed by atoms with E-state index in [4.69, 9.17) is 10.5 Å². The normalized spacial score (nSPS) is 17.4. The van der Waals surface area contributed by atoms with Crippen molar-refractivity contribution < 1.29 is 18.1 Å². The summed E-state index contributed by atoms with van der Waals surface area (Å²) in [5.41, 5.74) is 7.46. The highest BCUT2D eigenvalue weighted by Gasteiger charge is 2.33. The predicted molar refractivity (Wildman–Crippen MR) is 111 cm³/mol. The summed E-state index contributed by atoms with van der Waals surface area (Å²) in [5.74, 6) is 0. The van der Waals surface area contributed by atoms with E-state index in [0.717, 1.165) is 16.5 Å². The van der Waals surface area contributed by atoms with Gasteiger partial charge in [-0.1, -0.05) is 0 Å². The van der Waals surface area contributed by atoms with E-state index in [1.807, 2.05) is 4.90 Å².